The van der Waals surface area contributed by atoms with E-state index in [-0.39, 0.29) is 5.91 Å². The van der Waals surface area contributed by atoms with Gasteiger partial charge in [0.25, 0.3) is 0 Å². The van der Waals surface area contributed by atoms with Gasteiger partial charge in [-0.15, -0.1) is 0 Å². The fraction of sp³-hybridized carbons (Fsp3) is 0.462. The maximum Gasteiger partial charge on any atom is 0.228 e. The minimum absolute atomic E-state index is 0.0127. The predicted octanol–water partition coefficient (Wildman–Crippen LogP) is 2.98. The molecule has 1 heterocycles. The summed E-state index contributed by atoms with van der Waals surface area (Å²) in [6, 6.07) is 1.85. The van der Waals surface area contributed by atoms with Crippen molar-refractivity contribution in [1.29, 1.82) is 0 Å². The van der Waals surface area contributed by atoms with Gasteiger partial charge in [0.15, 0.2) is 0 Å². The van der Waals surface area contributed by atoms with Gasteiger partial charge in [0.1, 0.15) is 0 Å². The quantitative estimate of drug-likeness (QED) is 0.870. The van der Waals surface area contributed by atoms with Crippen molar-refractivity contribution in [3.8, 4) is 0 Å². The monoisotopic (exact) mass is 253 g/mol. The van der Waals surface area contributed by atoms with Crippen LogP contribution >= 0.6 is 11.6 Å². The Labute approximate surface area is 106 Å². The van der Waals surface area contributed by atoms with Crippen LogP contribution in [0.5, 0.6) is 0 Å². The third-order valence-corrected chi connectivity index (χ3v) is 3.65. The molecule has 0 saturated carbocycles. The van der Waals surface area contributed by atoms with Gasteiger partial charge in [0.2, 0.25) is 5.91 Å². The third-order valence-electron chi connectivity index (χ3n) is 3.15. The minimum atomic E-state index is -0.549. The van der Waals surface area contributed by atoms with E-state index in [4.69, 9.17) is 11.6 Å². The first-order valence-electron chi connectivity index (χ1n) is 5.84. The van der Waals surface area contributed by atoms with Gasteiger partial charge in [-0.1, -0.05) is 24.9 Å². The molecule has 1 amide bonds. The van der Waals surface area contributed by atoms with Crippen LogP contribution in [-0.4, -0.2) is 11.0 Å². The highest BCUT2D eigenvalue weighted by atomic mass is 35.5. The molecule has 0 saturated heterocycles. The lowest BCUT2D eigenvalue weighted by Gasteiger charge is -2.16. The Morgan fingerprint density at radius 1 is 1.59 bits per heavy atom. The van der Waals surface area contributed by atoms with Crippen molar-refractivity contribution < 1.29 is 9.90 Å². The maximum absolute atomic E-state index is 11.4. The summed E-state index contributed by atoms with van der Waals surface area (Å²) in [5, 5.41) is 13.4. The number of anilines is 1. The molecule has 1 aliphatic heterocycles. The van der Waals surface area contributed by atoms with Crippen LogP contribution in [0, 0.1) is 6.92 Å². The summed E-state index contributed by atoms with van der Waals surface area (Å²) >= 11 is 6.24. The number of nitrogens with one attached hydrogen (secondary N) is 1. The highest BCUT2D eigenvalue weighted by molar-refractivity contribution is 6.33. The Balaban J connectivity index is 2.46. The number of carbonyl (C=O) groups excluding carboxylic acids is 1. The summed E-state index contributed by atoms with van der Waals surface area (Å²) in [7, 11) is 0. The topological polar surface area (TPSA) is 49.3 Å². The molecule has 1 aromatic carbocycles. The van der Waals surface area contributed by atoms with E-state index in [0.29, 0.717) is 17.9 Å². The number of rotatable bonds is 3. The van der Waals surface area contributed by atoms with E-state index in [9.17, 15) is 9.90 Å². The van der Waals surface area contributed by atoms with Crippen molar-refractivity contribution in [3.05, 3.63) is 27.8 Å². The number of hydrogen-bond donors (Lipinski definition) is 2. The molecule has 17 heavy (non-hydrogen) atoms. The van der Waals surface area contributed by atoms with E-state index < -0.39 is 6.10 Å². The predicted molar refractivity (Wildman–Crippen MR) is 68.4 cm³/mol. The number of hydrogen-bond acceptors (Lipinski definition) is 2. The van der Waals surface area contributed by atoms with E-state index in [1.54, 1.807) is 0 Å². The Morgan fingerprint density at radius 3 is 2.94 bits per heavy atom. The van der Waals surface area contributed by atoms with Gasteiger partial charge in [0.05, 0.1) is 17.5 Å². The molecule has 0 radical (unpaired) electrons. The summed E-state index contributed by atoms with van der Waals surface area (Å²) in [6.45, 7) is 3.89. The largest absolute Gasteiger partial charge is 0.388 e. The third kappa shape index (κ3) is 2.17. The Morgan fingerprint density at radius 2 is 2.29 bits per heavy atom. The Hall–Kier alpha value is -1.06. The molecule has 1 aromatic rings. The van der Waals surface area contributed by atoms with E-state index in [2.05, 4.69) is 5.32 Å². The number of aliphatic hydroxyl groups is 1. The molecule has 2 N–H and O–H groups in total. The van der Waals surface area contributed by atoms with Gasteiger partial charge < -0.3 is 10.4 Å². The van der Waals surface area contributed by atoms with E-state index in [1.165, 1.54) is 0 Å². The molecule has 4 heteroatoms. The second-order valence-corrected chi connectivity index (χ2v) is 4.85. The molecule has 1 aliphatic rings. The molecular weight excluding hydrogens is 238 g/mol. The van der Waals surface area contributed by atoms with Crippen LogP contribution < -0.4 is 5.32 Å². The normalized spacial score (nSPS) is 15.6. The van der Waals surface area contributed by atoms with Gasteiger partial charge >= 0.3 is 0 Å². The number of carbonyl (C=O) groups is 1. The fourth-order valence-corrected chi connectivity index (χ4v) is 2.51. The molecule has 1 unspecified atom stereocenters. The molecule has 1 atom stereocenters. The molecule has 0 bridgehead atoms. The van der Waals surface area contributed by atoms with E-state index >= 15 is 0 Å². The minimum Gasteiger partial charge on any atom is -0.388 e. The highest BCUT2D eigenvalue weighted by Crippen LogP contribution is 2.38. The van der Waals surface area contributed by atoms with Crippen molar-refractivity contribution in [3.63, 3.8) is 0 Å². The van der Waals surface area contributed by atoms with Gasteiger partial charge in [-0.25, -0.2) is 0 Å². The first-order chi connectivity index (χ1) is 8.04. The van der Waals surface area contributed by atoms with Crippen LogP contribution in [0.15, 0.2) is 6.07 Å². The van der Waals surface area contributed by atoms with Crippen molar-refractivity contribution >= 4 is 23.2 Å². The van der Waals surface area contributed by atoms with Gasteiger partial charge in [0, 0.05) is 5.69 Å². The number of aliphatic hydroxyl groups excluding tert-OH is 1. The first-order valence-corrected chi connectivity index (χ1v) is 6.22. The molecule has 3 nitrogen and oxygen atoms in total. The zero-order valence-electron chi connectivity index (χ0n) is 10.0. The number of halogens is 1. The van der Waals surface area contributed by atoms with Crippen LogP contribution in [0.2, 0.25) is 5.02 Å². The van der Waals surface area contributed by atoms with Crippen LogP contribution in [0.4, 0.5) is 5.69 Å². The van der Waals surface area contributed by atoms with Crippen molar-refractivity contribution in [2.75, 3.05) is 5.32 Å². The lowest BCUT2D eigenvalue weighted by molar-refractivity contribution is -0.115. The Bertz CT molecular complexity index is 471. The average molecular weight is 254 g/mol. The molecule has 0 spiro atoms. The summed E-state index contributed by atoms with van der Waals surface area (Å²) in [4.78, 5) is 11.4. The average Bonchev–Trinajstić information content (AvgIpc) is 2.65. The number of fused-ring (bicyclic) bond motifs is 1. The maximum atomic E-state index is 11.4. The number of amides is 1. The zero-order valence-corrected chi connectivity index (χ0v) is 10.8. The molecule has 0 aromatic heterocycles. The standard InChI is InChI=1S/C13H16ClNO2/c1-3-4-10(16)9-5-8-6-11(17)15-13(8)7(2)12(9)14/h5,10,16H,3-4,6H2,1-2H3,(H,15,17). The summed E-state index contributed by atoms with van der Waals surface area (Å²) in [5.41, 5.74) is 3.33. The molecule has 0 fully saturated rings. The lowest BCUT2D eigenvalue weighted by atomic mass is 9.98. The van der Waals surface area contributed by atoms with Gasteiger partial charge in [-0.3, -0.25) is 4.79 Å². The molecule has 2 rings (SSSR count). The van der Waals surface area contributed by atoms with Crippen LogP contribution in [0.3, 0.4) is 0 Å². The lowest BCUT2D eigenvalue weighted by Crippen LogP contribution is -2.04. The molecule has 92 valence electrons. The fourth-order valence-electron chi connectivity index (χ4n) is 2.23. The van der Waals surface area contributed by atoms with Crippen LogP contribution in [-0.2, 0) is 11.2 Å². The summed E-state index contributed by atoms with van der Waals surface area (Å²) in [5.74, 6) is -0.0127. The summed E-state index contributed by atoms with van der Waals surface area (Å²) in [6.07, 6.45) is 1.40. The highest BCUT2D eigenvalue weighted by Gasteiger charge is 2.24. The molecule has 0 aliphatic carbocycles. The SMILES string of the molecule is CCCC(O)c1cc2c(c(C)c1Cl)NC(=O)C2. The van der Waals surface area contributed by atoms with Crippen LogP contribution in [0.1, 0.15) is 42.6 Å². The smallest absolute Gasteiger partial charge is 0.228 e. The summed E-state index contributed by atoms with van der Waals surface area (Å²) < 4.78 is 0. The second kappa shape index (κ2) is 4.67. The Kier molecular flexibility index (Phi) is 3.40. The zero-order chi connectivity index (χ0) is 12.6. The van der Waals surface area contributed by atoms with E-state index in [0.717, 1.165) is 28.8 Å². The second-order valence-electron chi connectivity index (χ2n) is 4.47. The van der Waals surface area contributed by atoms with Crippen LogP contribution in [0.25, 0.3) is 0 Å². The van der Waals surface area contributed by atoms with Crippen molar-refractivity contribution in [2.24, 2.45) is 0 Å². The number of benzene rings is 1. The van der Waals surface area contributed by atoms with Gasteiger partial charge in [-0.05, 0) is 36.1 Å². The molecular formula is C13H16ClNO2. The first kappa shape index (κ1) is 12.4. The van der Waals surface area contributed by atoms with E-state index in [1.807, 2.05) is 19.9 Å². The van der Waals surface area contributed by atoms with Crippen molar-refractivity contribution in [2.45, 2.75) is 39.2 Å². The van der Waals surface area contributed by atoms with Gasteiger partial charge in [-0.2, -0.15) is 0 Å². The van der Waals surface area contributed by atoms with Crippen molar-refractivity contribution in [1.82, 2.24) is 0 Å².